The Morgan fingerprint density at radius 1 is 0.878 bits per heavy atom. The molecule has 8 rings (SSSR count). The van der Waals surface area contributed by atoms with Crippen LogP contribution in [0.3, 0.4) is 0 Å². The lowest BCUT2D eigenvalue weighted by molar-refractivity contribution is -0.134. The summed E-state index contributed by atoms with van der Waals surface area (Å²) in [5.41, 5.74) is 11.3. The first-order valence-corrected chi connectivity index (χ1v) is 17.5. The van der Waals surface area contributed by atoms with Crippen LogP contribution in [0.2, 0.25) is 0 Å². The highest BCUT2D eigenvalue weighted by atomic mass is 16.5. The lowest BCUT2D eigenvalue weighted by Crippen LogP contribution is -2.54. The molecule has 4 aromatic rings. The van der Waals surface area contributed by atoms with Gasteiger partial charge < -0.3 is 25.4 Å². The van der Waals surface area contributed by atoms with Gasteiger partial charge >= 0.3 is 0 Å². The second-order valence-corrected chi connectivity index (χ2v) is 13.7. The number of ether oxygens (including phenoxy) is 1. The summed E-state index contributed by atoms with van der Waals surface area (Å²) in [4.78, 5) is 29.2. The summed E-state index contributed by atoms with van der Waals surface area (Å²) in [5, 5.41) is 25.9. The number of anilines is 2. The molecule has 4 N–H and O–H groups in total. The van der Waals surface area contributed by atoms with Crippen LogP contribution in [-0.4, -0.2) is 80.1 Å². The minimum Gasteiger partial charge on any atom is -0.507 e. The molecule has 12 heteroatoms. The van der Waals surface area contributed by atoms with Gasteiger partial charge in [-0.3, -0.25) is 19.6 Å². The number of phenols is 1. The first kappa shape index (κ1) is 31.3. The SMILES string of the molecule is Nc1nnc(-c2ccccc2O)cc1-c1cnn(C2CCN(C3CCC(c4cccc5c4OCCN5[C@H]4CCC(=O)NC4=O)CC3)CC2)c1. The number of para-hydroxylation sites is 2. The van der Waals surface area contributed by atoms with Crippen LogP contribution >= 0.6 is 0 Å². The molecule has 1 atom stereocenters. The molecule has 1 aliphatic carbocycles. The normalized spacial score (nSPS) is 23.5. The largest absolute Gasteiger partial charge is 0.507 e. The van der Waals surface area contributed by atoms with Gasteiger partial charge in [-0.2, -0.15) is 5.10 Å². The number of nitrogens with zero attached hydrogens (tertiary/aromatic N) is 6. The Labute approximate surface area is 285 Å². The molecule has 254 valence electrons. The minimum absolute atomic E-state index is 0.148. The highest BCUT2D eigenvalue weighted by Gasteiger charge is 2.37. The summed E-state index contributed by atoms with van der Waals surface area (Å²) in [6.45, 7) is 3.25. The van der Waals surface area contributed by atoms with Crippen LogP contribution in [0, 0.1) is 0 Å². The molecule has 2 saturated heterocycles. The molecular weight excluding hydrogens is 620 g/mol. The van der Waals surface area contributed by atoms with Crippen LogP contribution < -0.4 is 20.7 Å². The number of nitrogens with one attached hydrogen (secondary N) is 1. The van der Waals surface area contributed by atoms with Gasteiger partial charge in [0.25, 0.3) is 0 Å². The third-order valence-electron chi connectivity index (χ3n) is 10.9. The zero-order valence-corrected chi connectivity index (χ0v) is 27.5. The molecule has 49 heavy (non-hydrogen) atoms. The molecule has 3 aliphatic heterocycles. The Balaban J connectivity index is 0.884. The van der Waals surface area contributed by atoms with Gasteiger partial charge in [0, 0.05) is 48.4 Å². The average molecular weight is 663 g/mol. The summed E-state index contributed by atoms with van der Waals surface area (Å²) in [5.74, 6) is 1.43. The van der Waals surface area contributed by atoms with Gasteiger partial charge in [-0.05, 0) is 80.7 Å². The standard InChI is InChI=1S/C37H42N8O4/c38-36-29(20-30(41-42-36)28-4-1-2-7-33(28)46)24-21-39-45(22-24)26-14-16-43(17-15-26)25-10-8-23(9-11-25)27-5-3-6-31-35(27)49-19-18-44(31)32-12-13-34(47)40-37(32)48/h1-7,20-23,25-26,32,46H,8-19H2,(H2,38,42)(H,40,47,48)/t23?,25?,32-/m0/s1. The van der Waals surface area contributed by atoms with Crippen LogP contribution in [0.5, 0.6) is 11.5 Å². The molecule has 2 aromatic heterocycles. The van der Waals surface area contributed by atoms with Crippen LogP contribution in [0.4, 0.5) is 11.5 Å². The van der Waals surface area contributed by atoms with Crippen molar-refractivity contribution < 1.29 is 19.4 Å². The van der Waals surface area contributed by atoms with E-state index in [0.717, 1.165) is 74.2 Å². The van der Waals surface area contributed by atoms with Crippen LogP contribution in [-0.2, 0) is 9.59 Å². The maximum absolute atomic E-state index is 12.7. The van der Waals surface area contributed by atoms with E-state index in [1.807, 2.05) is 24.4 Å². The van der Waals surface area contributed by atoms with E-state index in [4.69, 9.17) is 15.6 Å². The first-order valence-electron chi connectivity index (χ1n) is 17.5. The summed E-state index contributed by atoms with van der Waals surface area (Å²) in [7, 11) is 0. The average Bonchev–Trinajstić information content (AvgIpc) is 3.62. The van der Waals surface area contributed by atoms with Gasteiger partial charge in [0.1, 0.15) is 24.1 Å². The molecule has 4 aliphatic rings. The van der Waals surface area contributed by atoms with E-state index < -0.39 is 0 Å². The maximum atomic E-state index is 12.7. The predicted molar refractivity (Wildman–Crippen MR) is 185 cm³/mol. The van der Waals surface area contributed by atoms with Crippen molar-refractivity contribution in [2.24, 2.45) is 0 Å². The third-order valence-corrected chi connectivity index (χ3v) is 10.9. The second-order valence-electron chi connectivity index (χ2n) is 13.7. The molecule has 1 saturated carbocycles. The van der Waals surface area contributed by atoms with Gasteiger partial charge in [0.15, 0.2) is 5.82 Å². The number of aromatic nitrogens is 4. The van der Waals surface area contributed by atoms with E-state index in [0.29, 0.717) is 61.1 Å². The number of imide groups is 1. The Bertz CT molecular complexity index is 1860. The monoisotopic (exact) mass is 662 g/mol. The third kappa shape index (κ3) is 6.09. The van der Waals surface area contributed by atoms with Gasteiger partial charge in [-0.1, -0.05) is 24.3 Å². The lowest BCUT2D eigenvalue weighted by atomic mass is 9.80. The van der Waals surface area contributed by atoms with Crippen molar-refractivity contribution in [3.8, 4) is 33.9 Å². The number of likely N-dealkylation sites (tertiary alicyclic amines) is 1. The maximum Gasteiger partial charge on any atom is 0.249 e. The van der Waals surface area contributed by atoms with Crippen molar-refractivity contribution in [1.29, 1.82) is 0 Å². The Kier molecular flexibility index (Phi) is 8.40. The van der Waals surface area contributed by atoms with Crippen LogP contribution in [0.25, 0.3) is 22.4 Å². The zero-order chi connectivity index (χ0) is 33.5. The molecule has 2 aromatic carbocycles. The highest BCUT2D eigenvalue weighted by Crippen LogP contribution is 2.45. The number of carbonyl (C=O) groups excluding carboxylic acids is 2. The number of nitrogens with two attached hydrogens (primary N) is 1. The van der Waals surface area contributed by atoms with Crippen molar-refractivity contribution in [3.05, 3.63) is 66.5 Å². The molecule has 0 spiro atoms. The zero-order valence-electron chi connectivity index (χ0n) is 27.5. The number of benzene rings is 2. The summed E-state index contributed by atoms with van der Waals surface area (Å²) in [6, 6.07) is 15.8. The quantitative estimate of drug-likeness (QED) is 0.249. The van der Waals surface area contributed by atoms with E-state index in [9.17, 15) is 14.7 Å². The van der Waals surface area contributed by atoms with E-state index in [2.05, 4.69) is 54.4 Å². The van der Waals surface area contributed by atoms with Crippen molar-refractivity contribution >= 4 is 23.3 Å². The number of amides is 2. The topological polar surface area (TPSA) is 152 Å². The number of rotatable bonds is 6. The Morgan fingerprint density at radius 3 is 2.49 bits per heavy atom. The summed E-state index contributed by atoms with van der Waals surface area (Å²) >= 11 is 0. The molecule has 0 bridgehead atoms. The number of nitrogen functional groups attached to an aromatic ring is 1. The van der Waals surface area contributed by atoms with E-state index in [1.54, 1.807) is 12.1 Å². The number of aromatic hydroxyl groups is 1. The molecular formula is C37H42N8O4. The molecule has 2 amide bonds. The number of fused-ring (bicyclic) bond motifs is 1. The molecule has 5 heterocycles. The van der Waals surface area contributed by atoms with Crippen LogP contribution in [0.15, 0.2) is 60.9 Å². The number of phenolic OH excluding ortho intramolecular Hbond substituents is 1. The first-order chi connectivity index (χ1) is 23.9. The summed E-state index contributed by atoms with van der Waals surface area (Å²) in [6.07, 6.45) is 11.4. The van der Waals surface area contributed by atoms with Crippen molar-refractivity contribution in [1.82, 2.24) is 30.2 Å². The smallest absolute Gasteiger partial charge is 0.249 e. The molecule has 0 radical (unpaired) electrons. The van der Waals surface area contributed by atoms with E-state index >= 15 is 0 Å². The van der Waals surface area contributed by atoms with Gasteiger partial charge in [0.05, 0.1) is 30.2 Å². The van der Waals surface area contributed by atoms with Gasteiger partial charge in [-0.15, -0.1) is 10.2 Å². The molecule has 12 nitrogen and oxygen atoms in total. The second kappa shape index (κ2) is 13.1. The minimum atomic E-state index is -0.337. The fraction of sp³-hybridized carbons (Fsp3) is 0.432. The Hall–Kier alpha value is -4.97. The number of hydrogen-bond donors (Lipinski definition) is 3. The van der Waals surface area contributed by atoms with Gasteiger partial charge in [0.2, 0.25) is 11.8 Å². The number of piperidine rings is 2. The van der Waals surface area contributed by atoms with E-state index in [1.165, 1.54) is 5.56 Å². The fourth-order valence-corrected chi connectivity index (χ4v) is 8.32. The van der Waals surface area contributed by atoms with Crippen molar-refractivity contribution in [2.75, 3.05) is 36.9 Å². The highest BCUT2D eigenvalue weighted by molar-refractivity contribution is 6.02. The van der Waals surface area contributed by atoms with Crippen molar-refractivity contribution in [3.63, 3.8) is 0 Å². The lowest BCUT2D eigenvalue weighted by Gasteiger charge is -2.42. The molecule has 0 unspecified atom stereocenters. The van der Waals surface area contributed by atoms with Crippen molar-refractivity contribution in [2.45, 2.75) is 75.4 Å². The van der Waals surface area contributed by atoms with E-state index in [-0.39, 0.29) is 23.6 Å². The van der Waals surface area contributed by atoms with Gasteiger partial charge in [-0.25, -0.2) is 0 Å². The molecule has 3 fully saturated rings. The van der Waals surface area contributed by atoms with Crippen LogP contribution in [0.1, 0.15) is 68.9 Å². The number of hydrogen-bond acceptors (Lipinski definition) is 10. The number of carbonyl (C=O) groups is 2. The fourth-order valence-electron chi connectivity index (χ4n) is 8.32. The summed E-state index contributed by atoms with van der Waals surface area (Å²) < 4.78 is 8.34. The predicted octanol–water partition coefficient (Wildman–Crippen LogP) is 4.66. The Morgan fingerprint density at radius 2 is 1.69 bits per heavy atom.